The lowest BCUT2D eigenvalue weighted by molar-refractivity contribution is -0.127. The molecule has 2 heterocycles. The van der Waals surface area contributed by atoms with Gasteiger partial charge in [0.1, 0.15) is 0 Å². The van der Waals surface area contributed by atoms with Crippen LogP contribution in [0.1, 0.15) is 12.0 Å². The van der Waals surface area contributed by atoms with Crippen LogP contribution in [0.2, 0.25) is 5.02 Å². The molecule has 0 spiro atoms. The molecule has 2 saturated heterocycles. The molecule has 0 aromatic heterocycles. The molecule has 0 saturated carbocycles. The molecule has 23 heavy (non-hydrogen) atoms. The van der Waals surface area contributed by atoms with Crippen molar-refractivity contribution in [1.29, 1.82) is 0 Å². The van der Waals surface area contributed by atoms with E-state index >= 15 is 0 Å². The summed E-state index contributed by atoms with van der Waals surface area (Å²) in [6, 6.07) is 8.41. The number of amides is 1. The maximum Gasteiger partial charge on any atom is 0.232 e. The Morgan fingerprint density at radius 3 is 2.70 bits per heavy atom. The van der Waals surface area contributed by atoms with Crippen LogP contribution in [0.3, 0.4) is 0 Å². The summed E-state index contributed by atoms with van der Waals surface area (Å²) < 4.78 is 0. The van der Waals surface area contributed by atoms with E-state index in [1.54, 1.807) is 11.8 Å². The second-order valence-electron chi connectivity index (χ2n) is 6.19. The highest BCUT2D eigenvalue weighted by atomic mass is 35.5. The number of nitrogens with one attached hydrogen (secondary N) is 1. The van der Waals surface area contributed by atoms with Crippen LogP contribution in [-0.2, 0) is 10.5 Å². The largest absolute Gasteiger partial charge is 0.340 e. The van der Waals surface area contributed by atoms with Gasteiger partial charge in [0.15, 0.2) is 0 Å². The average molecular weight is 354 g/mol. The molecular formula is C17H24ClN3OS. The van der Waals surface area contributed by atoms with Crippen molar-refractivity contribution in [3.63, 3.8) is 0 Å². The molecule has 1 aromatic rings. The minimum absolute atomic E-state index is 0.279. The van der Waals surface area contributed by atoms with Gasteiger partial charge in [-0.2, -0.15) is 0 Å². The molecule has 1 aromatic carbocycles. The molecule has 3 rings (SSSR count). The predicted molar refractivity (Wildman–Crippen MR) is 97.0 cm³/mol. The van der Waals surface area contributed by atoms with Crippen molar-refractivity contribution in [2.24, 2.45) is 0 Å². The van der Waals surface area contributed by atoms with Crippen molar-refractivity contribution in [2.45, 2.75) is 18.2 Å². The van der Waals surface area contributed by atoms with Gasteiger partial charge in [-0.05, 0) is 24.1 Å². The lowest BCUT2D eigenvalue weighted by Crippen LogP contribution is -2.49. The molecule has 0 aliphatic carbocycles. The van der Waals surface area contributed by atoms with Crippen LogP contribution < -0.4 is 5.32 Å². The molecule has 1 amide bonds. The van der Waals surface area contributed by atoms with Crippen LogP contribution in [0.4, 0.5) is 0 Å². The van der Waals surface area contributed by atoms with Crippen LogP contribution in [0.15, 0.2) is 24.3 Å². The zero-order chi connectivity index (χ0) is 16.1. The van der Waals surface area contributed by atoms with Crippen molar-refractivity contribution in [2.75, 3.05) is 45.0 Å². The van der Waals surface area contributed by atoms with Gasteiger partial charge in [0.25, 0.3) is 0 Å². The molecule has 1 unspecified atom stereocenters. The van der Waals surface area contributed by atoms with Gasteiger partial charge in [-0.1, -0.05) is 23.7 Å². The van der Waals surface area contributed by atoms with Gasteiger partial charge in [0.05, 0.1) is 5.75 Å². The Balaban J connectivity index is 1.39. The van der Waals surface area contributed by atoms with Crippen LogP contribution in [-0.4, -0.2) is 66.8 Å². The molecule has 6 heteroatoms. The van der Waals surface area contributed by atoms with Gasteiger partial charge in [0, 0.05) is 56.1 Å². The summed E-state index contributed by atoms with van der Waals surface area (Å²) in [7, 11) is 0. The highest BCUT2D eigenvalue weighted by Crippen LogP contribution is 2.19. The monoisotopic (exact) mass is 353 g/mol. The van der Waals surface area contributed by atoms with Crippen molar-refractivity contribution < 1.29 is 4.79 Å². The lowest BCUT2D eigenvalue weighted by Gasteiger charge is -2.32. The molecular weight excluding hydrogens is 330 g/mol. The summed E-state index contributed by atoms with van der Waals surface area (Å²) in [5.74, 6) is 1.70. The Bertz CT molecular complexity index is 519. The van der Waals surface area contributed by atoms with E-state index in [0.717, 1.165) is 56.5 Å². The van der Waals surface area contributed by atoms with E-state index in [-0.39, 0.29) is 5.91 Å². The zero-order valence-corrected chi connectivity index (χ0v) is 14.9. The summed E-state index contributed by atoms with van der Waals surface area (Å²) in [4.78, 5) is 16.9. The quantitative estimate of drug-likeness (QED) is 0.879. The first-order chi connectivity index (χ1) is 11.2. The molecule has 2 aliphatic rings. The van der Waals surface area contributed by atoms with E-state index in [2.05, 4.69) is 10.2 Å². The third kappa shape index (κ3) is 4.86. The molecule has 1 N–H and O–H groups in total. The first kappa shape index (κ1) is 17.1. The van der Waals surface area contributed by atoms with Gasteiger partial charge in [-0.25, -0.2) is 0 Å². The number of likely N-dealkylation sites (tertiary alicyclic amines) is 1. The van der Waals surface area contributed by atoms with Crippen LogP contribution in [0, 0.1) is 0 Å². The van der Waals surface area contributed by atoms with E-state index in [9.17, 15) is 4.79 Å². The van der Waals surface area contributed by atoms with Gasteiger partial charge in [-0.15, -0.1) is 11.8 Å². The SMILES string of the molecule is O=C(CSCc1ccc(Cl)cc1)N1CCC(N2CCNCC2)C1. The summed E-state index contributed by atoms with van der Waals surface area (Å²) in [5.41, 5.74) is 1.22. The van der Waals surface area contributed by atoms with Crippen molar-refractivity contribution in [1.82, 2.24) is 15.1 Å². The highest BCUT2D eigenvalue weighted by molar-refractivity contribution is 7.99. The fourth-order valence-corrected chi connectivity index (χ4v) is 4.26. The average Bonchev–Trinajstić information content (AvgIpc) is 3.07. The smallest absolute Gasteiger partial charge is 0.232 e. The molecule has 2 fully saturated rings. The Hall–Kier alpha value is -0.750. The Morgan fingerprint density at radius 1 is 1.22 bits per heavy atom. The number of nitrogens with zero attached hydrogens (tertiary/aromatic N) is 2. The normalized spacial score (nSPS) is 22.5. The number of hydrogen-bond acceptors (Lipinski definition) is 4. The molecule has 0 bridgehead atoms. The van der Waals surface area contributed by atoms with Crippen molar-refractivity contribution in [3.8, 4) is 0 Å². The third-order valence-electron chi connectivity index (χ3n) is 4.59. The standard InChI is InChI=1S/C17H24ClN3OS/c18-15-3-1-14(2-4-15)12-23-13-17(22)21-8-5-16(11-21)20-9-6-19-7-10-20/h1-4,16,19H,5-13H2. The van der Waals surface area contributed by atoms with Gasteiger partial charge in [-0.3, -0.25) is 9.69 Å². The van der Waals surface area contributed by atoms with Crippen LogP contribution >= 0.6 is 23.4 Å². The summed E-state index contributed by atoms with van der Waals surface area (Å²) in [6.07, 6.45) is 1.12. The number of piperazine rings is 1. The minimum Gasteiger partial charge on any atom is -0.340 e. The van der Waals surface area contributed by atoms with E-state index in [1.165, 1.54) is 5.56 Å². The zero-order valence-electron chi connectivity index (χ0n) is 13.3. The number of rotatable bonds is 5. The Labute approximate surface area is 147 Å². The molecule has 126 valence electrons. The number of halogens is 1. The minimum atomic E-state index is 0.279. The van der Waals surface area contributed by atoms with Crippen molar-refractivity contribution in [3.05, 3.63) is 34.9 Å². The second-order valence-corrected chi connectivity index (χ2v) is 7.61. The number of thioether (sulfide) groups is 1. The van der Waals surface area contributed by atoms with E-state index in [0.29, 0.717) is 11.8 Å². The second kappa shape index (κ2) is 8.38. The van der Waals surface area contributed by atoms with E-state index in [4.69, 9.17) is 11.6 Å². The summed E-state index contributed by atoms with van der Waals surface area (Å²) in [6.45, 7) is 6.17. The molecule has 4 nitrogen and oxygen atoms in total. The first-order valence-electron chi connectivity index (χ1n) is 8.27. The van der Waals surface area contributed by atoms with Gasteiger partial charge in [0.2, 0.25) is 5.91 Å². The maximum atomic E-state index is 12.4. The molecule has 0 radical (unpaired) electrons. The topological polar surface area (TPSA) is 35.6 Å². The van der Waals surface area contributed by atoms with Gasteiger partial charge >= 0.3 is 0 Å². The maximum absolute atomic E-state index is 12.4. The van der Waals surface area contributed by atoms with Crippen LogP contribution in [0.25, 0.3) is 0 Å². The number of carbonyl (C=O) groups excluding carboxylic acids is 1. The summed E-state index contributed by atoms with van der Waals surface area (Å²) >= 11 is 7.57. The van der Waals surface area contributed by atoms with E-state index in [1.807, 2.05) is 29.2 Å². The molecule has 2 aliphatic heterocycles. The number of benzene rings is 1. The Morgan fingerprint density at radius 2 is 1.96 bits per heavy atom. The number of hydrogen-bond donors (Lipinski definition) is 1. The third-order valence-corrected chi connectivity index (χ3v) is 5.83. The predicted octanol–water partition coefficient (Wildman–Crippen LogP) is 2.08. The van der Waals surface area contributed by atoms with E-state index < -0.39 is 0 Å². The lowest BCUT2D eigenvalue weighted by atomic mass is 10.2. The fourth-order valence-electron chi connectivity index (χ4n) is 3.24. The number of carbonyl (C=O) groups is 1. The Kier molecular flexibility index (Phi) is 6.22. The fraction of sp³-hybridized carbons (Fsp3) is 0.588. The van der Waals surface area contributed by atoms with Crippen LogP contribution in [0.5, 0.6) is 0 Å². The summed E-state index contributed by atoms with van der Waals surface area (Å²) in [5, 5.41) is 4.14. The molecule has 1 atom stereocenters. The van der Waals surface area contributed by atoms with Gasteiger partial charge < -0.3 is 10.2 Å². The first-order valence-corrected chi connectivity index (χ1v) is 9.80. The van der Waals surface area contributed by atoms with Crippen molar-refractivity contribution >= 4 is 29.3 Å². The highest BCUT2D eigenvalue weighted by Gasteiger charge is 2.30.